The smallest absolute Gasteiger partial charge is 0.307 e. The van der Waals surface area contributed by atoms with Crippen molar-refractivity contribution in [2.45, 2.75) is 47.1 Å². The lowest BCUT2D eigenvalue weighted by atomic mass is 9.97. The number of hydrogen-bond acceptors (Lipinski definition) is 2. The fraction of sp³-hybridized carbons (Fsp3) is 0.611. The zero-order valence-electron chi connectivity index (χ0n) is 13.7. The first-order valence-electron chi connectivity index (χ1n) is 7.89. The Bertz CT molecular complexity index is 423. The van der Waals surface area contributed by atoms with Crippen LogP contribution in [0.15, 0.2) is 24.3 Å². The Labute approximate surface area is 128 Å². The summed E-state index contributed by atoms with van der Waals surface area (Å²) in [4.78, 5) is 11.2. The number of hydrogen-bond donors (Lipinski definition) is 2. The van der Waals surface area contributed by atoms with Gasteiger partial charge in [-0.05, 0) is 35.8 Å². The van der Waals surface area contributed by atoms with Gasteiger partial charge >= 0.3 is 5.97 Å². The first-order chi connectivity index (χ1) is 9.88. The molecule has 0 saturated heterocycles. The minimum absolute atomic E-state index is 0.301. The van der Waals surface area contributed by atoms with Gasteiger partial charge in [0.25, 0.3) is 0 Å². The molecule has 3 nitrogen and oxygen atoms in total. The van der Waals surface area contributed by atoms with Gasteiger partial charge in [-0.3, -0.25) is 4.79 Å². The summed E-state index contributed by atoms with van der Waals surface area (Å²) in [5.74, 6) is 0.0678. The van der Waals surface area contributed by atoms with Crippen molar-refractivity contribution in [2.75, 3.05) is 6.54 Å². The molecule has 0 bridgehead atoms. The highest BCUT2D eigenvalue weighted by Gasteiger charge is 2.18. The quantitative estimate of drug-likeness (QED) is 0.729. The predicted molar refractivity (Wildman–Crippen MR) is 87.3 cm³/mol. The van der Waals surface area contributed by atoms with Crippen molar-refractivity contribution in [1.82, 2.24) is 5.32 Å². The van der Waals surface area contributed by atoms with E-state index in [1.807, 2.05) is 0 Å². The molecular weight excluding hydrogens is 262 g/mol. The van der Waals surface area contributed by atoms with Gasteiger partial charge in [-0.25, -0.2) is 0 Å². The summed E-state index contributed by atoms with van der Waals surface area (Å²) in [6.45, 7) is 9.81. The number of rotatable bonds is 9. The zero-order chi connectivity index (χ0) is 15.8. The van der Waals surface area contributed by atoms with Gasteiger partial charge in [0.15, 0.2) is 0 Å². The van der Waals surface area contributed by atoms with Crippen molar-refractivity contribution >= 4 is 5.97 Å². The summed E-state index contributed by atoms with van der Waals surface area (Å²) in [6, 6.07) is 8.59. The largest absolute Gasteiger partial charge is 0.481 e. The van der Waals surface area contributed by atoms with Gasteiger partial charge in [-0.2, -0.15) is 0 Å². The fourth-order valence-corrected chi connectivity index (χ4v) is 2.50. The van der Waals surface area contributed by atoms with E-state index in [-0.39, 0.29) is 5.92 Å². The van der Waals surface area contributed by atoms with Crippen molar-refractivity contribution < 1.29 is 9.90 Å². The molecule has 0 aliphatic carbocycles. The molecule has 0 spiro atoms. The molecule has 21 heavy (non-hydrogen) atoms. The summed E-state index contributed by atoms with van der Waals surface area (Å²) in [5.41, 5.74) is 2.56. The van der Waals surface area contributed by atoms with Crippen LogP contribution in [0.5, 0.6) is 0 Å². The van der Waals surface area contributed by atoms with Crippen LogP contribution in [-0.2, 0) is 17.8 Å². The summed E-state index contributed by atoms with van der Waals surface area (Å²) in [5, 5.41) is 12.5. The van der Waals surface area contributed by atoms with E-state index in [2.05, 4.69) is 57.3 Å². The van der Waals surface area contributed by atoms with Crippen molar-refractivity contribution in [3.63, 3.8) is 0 Å². The third-order valence-electron chi connectivity index (χ3n) is 3.49. The second-order valence-electron chi connectivity index (χ2n) is 6.71. The molecule has 0 fully saturated rings. The summed E-state index contributed by atoms with van der Waals surface area (Å²) >= 11 is 0. The maximum atomic E-state index is 11.2. The minimum atomic E-state index is -0.705. The molecule has 1 aromatic carbocycles. The molecule has 2 N–H and O–H groups in total. The lowest BCUT2D eigenvalue weighted by Crippen LogP contribution is -2.29. The Morgan fingerprint density at radius 1 is 1.05 bits per heavy atom. The van der Waals surface area contributed by atoms with Crippen molar-refractivity contribution in [3.8, 4) is 0 Å². The first kappa shape index (κ1) is 17.7. The summed E-state index contributed by atoms with van der Waals surface area (Å²) < 4.78 is 0. The van der Waals surface area contributed by atoms with Gasteiger partial charge in [0, 0.05) is 13.1 Å². The summed E-state index contributed by atoms with van der Waals surface area (Å²) in [7, 11) is 0. The van der Waals surface area contributed by atoms with Crippen LogP contribution < -0.4 is 5.32 Å². The van der Waals surface area contributed by atoms with E-state index in [1.165, 1.54) is 11.1 Å². The standard InChI is InChI=1S/C18H29NO2/c1-13(2)9-15-5-7-16(8-6-15)11-19-12-17(18(20)21)10-14(3)4/h5-8,13-14,17,19H,9-12H2,1-4H3,(H,20,21). The molecule has 1 rings (SSSR count). The molecule has 3 heteroatoms. The van der Waals surface area contributed by atoms with E-state index in [0.29, 0.717) is 18.4 Å². The van der Waals surface area contributed by atoms with Crippen molar-refractivity contribution in [1.29, 1.82) is 0 Å². The van der Waals surface area contributed by atoms with Gasteiger partial charge in [0.1, 0.15) is 0 Å². The average Bonchev–Trinajstić information content (AvgIpc) is 2.38. The van der Waals surface area contributed by atoms with Crippen LogP contribution >= 0.6 is 0 Å². The number of carboxylic acids is 1. The van der Waals surface area contributed by atoms with Crippen LogP contribution in [0, 0.1) is 17.8 Å². The zero-order valence-corrected chi connectivity index (χ0v) is 13.7. The Hall–Kier alpha value is -1.35. The maximum Gasteiger partial charge on any atom is 0.307 e. The van der Waals surface area contributed by atoms with E-state index in [1.54, 1.807) is 0 Å². The second-order valence-corrected chi connectivity index (χ2v) is 6.71. The second kappa shape index (κ2) is 8.83. The van der Waals surface area contributed by atoms with Crippen LogP contribution in [0.1, 0.15) is 45.2 Å². The number of carbonyl (C=O) groups is 1. The Morgan fingerprint density at radius 2 is 1.62 bits per heavy atom. The van der Waals surface area contributed by atoms with E-state index >= 15 is 0 Å². The van der Waals surface area contributed by atoms with Gasteiger partial charge < -0.3 is 10.4 Å². The van der Waals surface area contributed by atoms with Crippen LogP contribution in [0.25, 0.3) is 0 Å². The third kappa shape index (κ3) is 7.28. The molecule has 0 aliphatic rings. The predicted octanol–water partition coefficient (Wildman–Crippen LogP) is 3.72. The average molecular weight is 291 g/mol. The molecule has 0 heterocycles. The molecule has 118 valence electrons. The van der Waals surface area contributed by atoms with E-state index in [9.17, 15) is 9.90 Å². The number of carboxylic acid groups (broad SMARTS) is 1. The van der Waals surface area contributed by atoms with Crippen LogP contribution in [0.3, 0.4) is 0 Å². The Kier molecular flexibility index (Phi) is 7.44. The topological polar surface area (TPSA) is 49.3 Å². The van der Waals surface area contributed by atoms with Crippen LogP contribution in [-0.4, -0.2) is 17.6 Å². The molecule has 0 aliphatic heterocycles. The molecule has 0 saturated carbocycles. The lowest BCUT2D eigenvalue weighted by Gasteiger charge is -2.15. The molecule has 0 amide bonds. The highest BCUT2D eigenvalue weighted by atomic mass is 16.4. The number of aliphatic carboxylic acids is 1. The number of benzene rings is 1. The SMILES string of the molecule is CC(C)Cc1ccc(CNCC(CC(C)C)C(=O)O)cc1. The lowest BCUT2D eigenvalue weighted by molar-refractivity contribution is -0.142. The van der Waals surface area contributed by atoms with Crippen LogP contribution in [0.2, 0.25) is 0 Å². The highest BCUT2D eigenvalue weighted by Crippen LogP contribution is 2.12. The fourth-order valence-electron chi connectivity index (χ4n) is 2.50. The van der Waals surface area contributed by atoms with Gasteiger partial charge in [0.2, 0.25) is 0 Å². The first-order valence-corrected chi connectivity index (χ1v) is 7.89. The summed E-state index contributed by atoms with van der Waals surface area (Å²) in [6.07, 6.45) is 1.82. The third-order valence-corrected chi connectivity index (χ3v) is 3.49. The normalized spacial score (nSPS) is 12.9. The van der Waals surface area contributed by atoms with Gasteiger partial charge in [-0.15, -0.1) is 0 Å². The molecule has 1 atom stereocenters. The monoisotopic (exact) mass is 291 g/mol. The van der Waals surface area contributed by atoms with Crippen molar-refractivity contribution in [3.05, 3.63) is 35.4 Å². The molecule has 0 radical (unpaired) electrons. The van der Waals surface area contributed by atoms with E-state index < -0.39 is 5.97 Å². The molecular formula is C18H29NO2. The molecule has 1 aromatic rings. The van der Waals surface area contributed by atoms with Gasteiger partial charge in [-0.1, -0.05) is 52.0 Å². The van der Waals surface area contributed by atoms with Crippen molar-refractivity contribution in [2.24, 2.45) is 17.8 Å². The Morgan fingerprint density at radius 3 is 2.10 bits per heavy atom. The highest BCUT2D eigenvalue weighted by molar-refractivity contribution is 5.70. The maximum absolute atomic E-state index is 11.2. The number of nitrogens with one attached hydrogen (secondary N) is 1. The Balaban J connectivity index is 2.42. The minimum Gasteiger partial charge on any atom is -0.481 e. The van der Waals surface area contributed by atoms with E-state index in [4.69, 9.17) is 0 Å². The van der Waals surface area contributed by atoms with Crippen LogP contribution in [0.4, 0.5) is 0 Å². The molecule has 1 unspecified atom stereocenters. The molecule has 0 aromatic heterocycles. The van der Waals surface area contributed by atoms with E-state index in [0.717, 1.165) is 19.4 Å². The van der Waals surface area contributed by atoms with Gasteiger partial charge in [0.05, 0.1) is 5.92 Å².